The van der Waals surface area contributed by atoms with Gasteiger partial charge in [-0.2, -0.15) is 0 Å². The van der Waals surface area contributed by atoms with Crippen LogP contribution >= 0.6 is 22.9 Å². The predicted molar refractivity (Wildman–Crippen MR) is 67.0 cm³/mol. The summed E-state index contributed by atoms with van der Waals surface area (Å²) >= 11 is 7.33. The van der Waals surface area contributed by atoms with Gasteiger partial charge in [-0.25, -0.2) is 4.79 Å². The molecule has 1 aliphatic heterocycles. The maximum absolute atomic E-state index is 10.7. The first-order valence-corrected chi connectivity index (χ1v) is 6.69. The summed E-state index contributed by atoms with van der Waals surface area (Å²) in [7, 11) is 0. The molecular formula is C11H14ClNO3S. The fraction of sp³-hybridized carbons (Fsp3) is 0.545. The van der Waals surface area contributed by atoms with Crippen molar-refractivity contribution in [2.24, 2.45) is 0 Å². The molecule has 0 saturated carbocycles. The Morgan fingerprint density at radius 2 is 2.47 bits per heavy atom. The summed E-state index contributed by atoms with van der Waals surface area (Å²) < 4.78 is 5.54. The number of carboxylic acid groups (broad SMARTS) is 1. The lowest BCUT2D eigenvalue weighted by molar-refractivity contribution is 0.0702. The zero-order chi connectivity index (χ0) is 12.3. The normalized spacial score (nSPS) is 24.1. The van der Waals surface area contributed by atoms with Gasteiger partial charge in [0.05, 0.1) is 18.6 Å². The fourth-order valence-corrected chi connectivity index (χ4v) is 2.81. The lowest BCUT2D eigenvalue weighted by Crippen LogP contribution is -2.32. The van der Waals surface area contributed by atoms with Crippen molar-refractivity contribution in [3.8, 4) is 0 Å². The molecule has 2 N–H and O–H groups in total. The van der Waals surface area contributed by atoms with Crippen LogP contribution in [0.4, 0.5) is 0 Å². The van der Waals surface area contributed by atoms with Crippen molar-refractivity contribution in [1.82, 2.24) is 5.32 Å². The molecule has 0 aromatic carbocycles. The molecule has 17 heavy (non-hydrogen) atoms. The highest BCUT2D eigenvalue weighted by atomic mass is 35.5. The van der Waals surface area contributed by atoms with E-state index in [4.69, 9.17) is 21.4 Å². The largest absolute Gasteiger partial charge is 0.477 e. The molecule has 1 saturated heterocycles. The topological polar surface area (TPSA) is 58.6 Å². The van der Waals surface area contributed by atoms with Crippen LogP contribution in [0.5, 0.6) is 0 Å². The Labute approximate surface area is 109 Å². The minimum atomic E-state index is -0.889. The first-order valence-electron chi connectivity index (χ1n) is 5.44. The summed E-state index contributed by atoms with van der Waals surface area (Å²) in [5.41, 5.74) is 0. The second-order valence-electron chi connectivity index (χ2n) is 3.95. The number of hydrogen-bond acceptors (Lipinski definition) is 4. The number of rotatable bonds is 5. The fourth-order valence-electron chi connectivity index (χ4n) is 1.76. The molecule has 0 radical (unpaired) electrons. The van der Waals surface area contributed by atoms with E-state index in [9.17, 15) is 4.79 Å². The van der Waals surface area contributed by atoms with Crippen LogP contribution < -0.4 is 5.32 Å². The molecule has 0 bridgehead atoms. The van der Waals surface area contributed by atoms with Crippen LogP contribution in [0.2, 0.25) is 0 Å². The van der Waals surface area contributed by atoms with Crippen molar-refractivity contribution in [3.05, 3.63) is 21.9 Å². The Hall–Kier alpha value is -0.620. The maximum Gasteiger partial charge on any atom is 0.345 e. The van der Waals surface area contributed by atoms with Gasteiger partial charge in [0.2, 0.25) is 0 Å². The molecule has 1 unspecified atom stereocenters. The molecule has 1 aromatic heterocycles. The highest BCUT2D eigenvalue weighted by molar-refractivity contribution is 7.13. The van der Waals surface area contributed by atoms with E-state index in [2.05, 4.69) is 5.32 Å². The predicted octanol–water partition coefficient (Wildman–Crippen LogP) is 1.93. The quantitative estimate of drug-likeness (QED) is 0.806. The Morgan fingerprint density at radius 3 is 3.06 bits per heavy atom. The number of thiophene rings is 1. The molecule has 2 rings (SSSR count). The molecule has 2 heterocycles. The van der Waals surface area contributed by atoms with Gasteiger partial charge in [0.1, 0.15) is 4.88 Å². The van der Waals surface area contributed by atoms with E-state index in [1.54, 1.807) is 12.1 Å². The SMILES string of the molecule is O=C(O)c1ccc(COC[C@@H]2NCCC2Cl)s1. The third kappa shape index (κ3) is 3.42. The standard InChI is InChI=1S/C11H14ClNO3S/c12-8-3-4-13-9(8)6-16-5-7-1-2-10(17-7)11(14)15/h1-2,8-9,13H,3-6H2,(H,14,15)/t8?,9-/m0/s1. The van der Waals surface area contributed by atoms with E-state index < -0.39 is 5.97 Å². The molecule has 94 valence electrons. The van der Waals surface area contributed by atoms with Crippen LogP contribution in [-0.4, -0.2) is 35.6 Å². The molecule has 6 heteroatoms. The number of halogens is 1. The Bertz CT molecular complexity index is 396. The number of carbonyl (C=O) groups is 1. The molecule has 4 nitrogen and oxygen atoms in total. The number of ether oxygens (including phenoxy) is 1. The lowest BCUT2D eigenvalue weighted by atomic mass is 10.2. The highest BCUT2D eigenvalue weighted by Gasteiger charge is 2.24. The maximum atomic E-state index is 10.7. The summed E-state index contributed by atoms with van der Waals surface area (Å²) in [6.45, 7) is 1.94. The van der Waals surface area contributed by atoms with Crippen molar-refractivity contribution in [2.45, 2.75) is 24.4 Å². The second-order valence-corrected chi connectivity index (χ2v) is 5.68. The lowest BCUT2D eigenvalue weighted by Gasteiger charge is -2.13. The van der Waals surface area contributed by atoms with Gasteiger partial charge < -0.3 is 15.2 Å². The first-order chi connectivity index (χ1) is 8.16. The number of nitrogens with one attached hydrogen (secondary N) is 1. The van der Waals surface area contributed by atoms with Gasteiger partial charge in [0.15, 0.2) is 0 Å². The van der Waals surface area contributed by atoms with E-state index in [1.165, 1.54) is 11.3 Å². The number of carboxylic acids is 1. The van der Waals surface area contributed by atoms with E-state index in [0.29, 0.717) is 18.1 Å². The molecule has 0 spiro atoms. The molecule has 1 fully saturated rings. The van der Waals surface area contributed by atoms with E-state index in [1.807, 2.05) is 0 Å². The molecule has 0 aliphatic carbocycles. The summed E-state index contributed by atoms with van der Waals surface area (Å²) in [5, 5.41) is 12.2. The first kappa shape index (κ1) is 12.8. The van der Waals surface area contributed by atoms with Crippen LogP contribution in [0, 0.1) is 0 Å². The Balaban J connectivity index is 1.76. The Morgan fingerprint density at radius 1 is 1.65 bits per heavy atom. The van der Waals surface area contributed by atoms with E-state index >= 15 is 0 Å². The molecule has 1 aromatic rings. The number of aromatic carboxylic acids is 1. The van der Waals surface area contributed by atoms with Gasteiger partial charge in [-0.05, 0) is 25.1 Å². The number of hydrogen-bond donors (Lipinski definition) is 2. The summed E-state index contributed by atoms with van der Waals surface area (Å²) in [6, 6.07) is 3.59. The second kappa shape index (κ2) is 5.82. The number of alkyl halides is 1. The average molecular weight is 276 g/mol. The summed E-state index contributed by atoms with van der Waals surface area (Å²) in [4.78, 5) is 12.0. The van der Waals surface area contributed by atoms with Crippen LogP contribution in [0.15, 0.2) is 12.1 Å². The minimum Gasteiger partial charge on any atom is -0.477 e. The van der Waals surface area contributed by atoms with E-state index in [0.717, 1.165) is 17.8 Å². The van der Waals surface area contributed by atoms with Crippen molar-refractivity contribution in [1.29, 1.82) is 0 Å². The average Bonchev–Trinajstić information content (AvgIpc) is 2.89. The van der Waals surface area contributed by atoms with Crippen LogP contribution in [0.1, 0.15) is 21.0 Å². The zero-order valence-corrected chi connectivity index (χ0v) is 10.8. The molecule has 2 atom stereocenters. The van der Waals surface area contributed by atoms with Gasteiger partial charge in [-0.1, -0.05) is 0 Å². The van der Waals surface area contributed by atoms with Crippen LogP contribution in [-0.2, 0) is 11.3 Å². The smallest absolute Gasteiger partial charge is 0.345 e. The van der Waals surface area contributed by atoms with Gasteiger partial charge in [0, 0.05) is 10.9 Å². The molecule has 1 aliphatic rings. The third-order valence-electron chi connectivity index (χ3n) is 2.68. The van der Waals surface area contributed by atoms with Crippen LogP contribution in [0.3, 0.4) is 0 Å². The van der Waals surface area contributed by atoms with Crippen molar-refractivity contribution in [3.63, 3.8) is 0 Å². The van der Waals surface area contributed by atoms with Gasteiger partial charge in [-0.3, -0.25) is 0 Å². The van der Waals surface area contributed by atoms with Gasteiger partial charge >= 0.3 is 5.97 Å². The highest BCUT2D eigenvalue weighted by Crippen LogP contribution is 2.18. The van der Waals surface area contributed by atoms with Crippen molar-refractivity contribution < 1.29 is 14.6 Å². The summed E-state index contributed by atoms with van der Waals surface area (Å²) in [6.07, 6.45) is 0.970. The Kier molecular flexibility index (Phi) is 4.39. The van der Waals surface area contributed by atoms with Crippen LogP contribution in [0.25, 0.3) is 0 Å². The summed E-state index contributed by atoms with van der Waals surface area (Å²) in [5.74, 6) is -0.889. The third-order valence-corrected chi connectivity index (χ3v) is 4.25. The molecular weight excluding hydrogens is 262 g/mol. The monoisotopic (exact) mass is 275 g/mol. The molecule has 0 amide bonds. The minimum absolute atomic E-state index is 0.132. The zero-order valence-electron chi connectivity index (χ0n) is 9.19. The van der Waals surface area contributed by atoms with Crippen molar-refractivity contribution in [2.75, 3.05) is 13.2 Å². The van der Waals surface area contributed by atoms with E-state index in [-0.39, 0.29) is 11.4 Å². The van der Waals surface area contributed by atoms with Gasteiger partial charge in [0.25, 0.3) is 0 Å². The van der Waals surface area contributed by atoms with Gasteiger partial charge in [-0.15, -0.1) is 22.9 Å². The van der Waals surface area contributed by atoms with Crippen molar-refractivity contribution >= 4 is 28.9 Å².